The lowest BCUT2D eigenvalue weighted by atomic mass is 9.95. The maximum absolute atomic E-state index is 12.1. The molecule has 2 N–H and O–H groups in total. The Labute approximate surface area is 112 Å². The largest absolute Gasteiger partial charge is 0.373 e. The first-order chi connectivity index (χ1) is 9.26. The van der Waals surface area contributed by atoms with E-state index in [9.17, 15) is 4.79 Å². The third-order valence-corrected chi connectivity index (χ3v) is 3.81. The highest BCUT2D eigenvalue weighted by Gasteiger charge is 2.41. The number of fused-ring (bicyclic) bond motifs is 2. The van der Waals surface area contributed by atoms with E-state index in [1.165, 1.54) is 0 Å². The van der Waals surface area contributed by atoms with E-state index in [1.54, 1.807) is 12.3 Å². The van der Waals surface area contributed by atoms with Crippen LogP contribution in [0.25, 0.3) is 0 Å². The predicted octanol–water partition coefficient (Wildman–Crippen LogP) is 1.56. The Balaban J connectivity index is 1.60. The van der Waals surface area contributed by atoms with Gasteiger partial charge < -0.3 is 15.4 Å². The first-order valence-electron chi connectivity index (χ1n) is 6.92. The molecule has 102 valence electrons. The summed E-state index contributed by atoms with van der Waals surface area (Å²) in [6.07, 6.45) is 5.32. The molecule has 1 aromatic heterocycles. The fraction of sp³-hybridized carbons (Fsp3) is 0.571. The van der Waals surface area contributed by atoms with Crippen LogP contribution in [0.3, 0.4) is 0 Å². The van der Waals surface area contributed by atoms with Crippen LogP contribution in [0.2, 0.25) is 0 Å². The summed E-state index contributed by atoms with van der Waals surface area (Å²) in [5.74, 6) is 0.735. The molecule has 5 nitrogen and oxygen atoms in total. The second kappa shape index (κ2) is 5.17. The van der Waals surface area contributed by atoms with Crippen molar-refractivity contribution in [3.05, 3.63) is 23.9 Å². The molecule has 2 saturated heterocycles. The summed E-state index contributed by atoms with van der Waals surface area (Å²) in [5.41, 5.74) is 0.601. The number of nitrogens with zero attached hydrogens (tertiary/aromatic N) is 1. The van der Waals surface area contributed by atoms with Gasteiger partial charge in [0.15, 0.2) is 0 Å². The molecular formula is C14H19N3O2. The maximum Gasteiger partial charge on any atom is 0.253 e. The van der Waals surface area contributed by atoms with E-state index in [0.29, 0.717) is 11.7 Å². The lowest BCUT2D eigenvalue weighted by molar-refractivity contribution is 0.0840. The summed E-state index contributed by atoms with van der Waals surface area (Å²) in [4.78, 5) is 16.3. The minimum Gasteiger partial charge on any atom is -0.373 e. The highest BCUT2D eigenvalue weighted by Crippen LogP contribution is 2.34. The van der Waals surface area contributed by atoms with Gasteiger partial charge in [0.1, 0.15) is 5.82 Å². The van der Waals surface area contributed by atoms with Gasteiger partial charge in [-0.05, 0) is 38.3 Å². The minimum absolute atomic E-state index is 0.0586. The number of nitrogens with one attached hydrogen (secondary N) is 2. The van der Waals surface area contributed by atoms with Crippen LogP contribution in [-0.4, -0.2) is 35.7 Å². The number of rotatable bonds is 4. The fourth-order valence-corrected chi connectivity index (χ4v) is 2.86. The average Bonchev–Trinajstić information content (AvgIpc) is 3.02. The Bertz CT molecular complexity index is 460. The van der Waals surface area contributed by atoms with Crippen LogP contribution in [0.1, 0.15) is 36.5 Å². The third-order valence-electron chi connectivity index (χ3n) is 3.81. The van der Waals surface area contributed by atoms with Crippen molar-refractivity contribution < 1.29 is 9.53 Å². The van der Waals surface area contributed by atoms with Crippen LogP contribution in [0, 0.1) is 0 Å². The van der Waals surface area contributed by atoms with Gasteiger partial charge in [0.05, 0.1) is 23.8 Å². The molecule has 0 radical (unpaired) electrons. The maximum atomic E-state index is 12.1. The van der Waals surface area contributed by atoms with Crippen LogP contribution < -0.4 is 10.6 Å². The molecule has 0 spiro atoms. The molecule has 1 amide bonds. The lowest BCUT2D eigenvalue weighted by Gasteiger charge is -2.19. The number of carbonyl (C=O) groups is 1. The fourth-order valence-electron chi connectivity index (χ4n) is 2.86. The van der Waals surface area contributed by atoms with Crippen LogP contribution in [0.15, 0.2) is 18.3 Å². The number of ether oxygens (including phenoxy) is 1. The van der Waals surface area contributed by atoms with Gasteiger partial charge in [-0.1, -0.05) is 0 Å². The Morgan fingerprint density at radius 3 is 2.95 bits per heavy atom. The Morgan fingerprint density at radius 2 is 2.37 bits per heavy atom. The van der Waals surface area contributed by atoms with Gasteiger partial charge in [-0.25, -0.2) is 4.98 Å². The molecule has 1 aromatic rings. The van der Waals surface area contributed by atoms with Gasteiger partial charge in [0.25, 0.3) is 5.91 Å². The molecule has 5 heteroatoms. The zero-order chi connectivity index (χ0) is 13.2. The van der Waals surface area contributed by atoms with Crippen molar-refractivity contribution in [3.8, 4) is 0 Å². The van der Waals surface area contributed by atoms with Crippen molar-refractivity contribution in [2.24, 2.45) is 0 Å². The van der Waals surface area contributed by atoms with E-state index in [0.717, 1.165) is 31.6 Å². The van der Waals surface area contributed by atoms with Gasteiger partial charge >= 0.3 is 0 Å². The number of pyridine rings is 1. The summed E-state index contributed by atoms with van der Waals surface area (Å²) >= 11 is 0. The van der Waals surface area contributed by atoms with Crippen molar-refractivity contribution in [2.45, 2.75) is 44.4 Å². The zero-order valence-electron chi connectivity index (χ0n) is 11.1. The summed E-state index contributed by atoms with van der Waals surface area (Å²) in [5, 5.41) is 6.16. The first-order valence-corrected chi connectivity index (χ1v) is 6.92. The molecule has 0 aliphatic carbocycles. The number of hydrogen-bond acceptors (Lipinski definition) is 4. The van der Waals surface area contributed by atoms with Crippen molar-refractivity contribution >= 4 is 11.7 Å². The Hall–Kier alpha value is -1.62. The average molecular weight is 261 g/mol. The monoisotopic (exact) mass is 261 g/mol. The van der Waals surface area contributed by atoms with Crippen LogP contribution in [0.5, 0.6) is 0 Å². The summed E-state index contributed by atoms with van der Waals surface area (Å²) in [6.45, 7) is 2.83. The molecule has 2 aliphatic heterocycles. The van der Waals surface area contributed by atoms with Crippen LogP contribution in [-0.2, 0) is 4.74 Å². The van der Waals surface area contributed by atoms with E-state index >= 15 is 0 Å². The zero-order valence-corrected chi connectivity index (χ0v) is 11.1. The summed E-state index contributed by atoms with van der Waals surface area (Å²) in [7, 11) is 0. The Kier molecular flexibility index (Phi) is 3.38. The number of aromatic nitrogens is 1. The molecule has 2 aliphatic rings. The van der Waals surface area contributed by atoms with E-state index < -0.39 is 0 Å². The lowest BCUT2D eigenvalue weighted by Crippen LogP contribution is -2.41. The van der Waals surface area contributed by atoms with Gasteiger partial charge in [-0.15, -0.1) is 0 Å². The molecule has 3 rings (SSSR count). The smallest absolute Gasteiger partial charge is 0.253 e. The SMILES string of the molecule is CCNc1ccc(C(=O)NC2CC3CCC2O3)cn1. The summed E-state index contributed by atoms with van der Waals surface area (Å²) < 4.78 is 5.73. The molecular weight excluding hydrogens is 242 g/mol. The number of anilines is 1. The van der Waals surface area contributed by atoms with E-state index in [1.807, 2.05) is 13.0 Å². The van der Waals surface area contributed by atoms with Crippen molar-refractivity contribution in [2.75, 3.05) is 11.9 Å². The molecule has 3 atom stereocenters. The standard InChI is InChI=1S/C14H19N3O2/c1-2-15-13-6-3-9(8-16-13)14(18)17-11-7-10-4-5-12(11)19-10/h3,6,8,10-12H,2,4-5,7H2,1H3,(H,15,16)(H,17,18). The van der Waals surface area contributed by atoms with Gasteiger partial charge in [0, 0.05) is 12.7 Å². The molecule has 2 bridgehead atoms. The van der Waals surface area contributed by atoms with Crippen molar-refractivity contribution in [3.63, 3.8) is 0 Å². The van der Waals surface area contributed by atoms with Crippen molar-refractivity contribution in [1.29, 1.82) is 0 Å². The topological polar surface area (TPSA) is 63.2 Å². The molecule has 3 unspecified atom stereocenters. The first kappa shape index (κ1) is 12.4. The molecule has 0 aromatic carbocycles. The van der Waals surface area contributed by atoms with Gasteiger partial charge in [-0.2, -0.15) is 0 Å². The third kappa shape index (κ3) is 2.56. The van der Waals surface area contributed by atoms with Gasteiger partial charge in [0.2, 0.25) is 0 Å². The van der Waals surface area contributed by atoms with Crippen LogP contribution in [0.4, 0.5) is 5.82 Å². The molecule has 2 fully saturated rings. The van der Waals surface area contributed by atoms with E-state index in [4.69, 9.17) is 4.74 Å². The summed E-state index contributed by atoms with van der Waals surface area (Å²) in [6, 6.07) is 3.80. The van der Waals surface area contributed by atoms with E-state index in [2.05, 4.69) is 15.6 Å². The number of carbonyl (C=O) groups excluding carboxylic acids is 1. The number of hydrogen-bond donors (Lipinski definition) is 2. The molecule has 19 heavy (non-hydrogen) atoms. The molecule has 3 heterocycles. The normalized spacial score (nSPS) is 28.4. The second-order valence-electron chi connectivity index (χ2n) is 5.15. The van der Waals surface area contributed by atoms with E-state index in [-0.39, 0.29) is 18.1 Å². The Morgan fingerprint density at radius 1 is 1.47 bits per heavy atom. The molecule has 0 saturated carbocycles. The predicted molar refractivity (Wildman–Crippen MR) is 72.2 cm³/mol. The highest BCUT2D eigenvalue weighted by atomic mass is 16.5. The van der Waals surface area contributed by atoms with Crippen molar-refractivity contribution in [1.82, 2.24) is 10.3 Å². The highest BCUT2D eigenvalue weighted by molar-refractivity contribution is 5.94. The van der Waals surface area contributed by atoms with Gasteiger partial charge in [-0.3, -0.25) is 4.79 Å². The number of amides is 1. The minimum atomic E-state index is -0.0586. The van der Waals surface area contributed by atoms with Crippen LogP contribution >= 0.6 is 0 Å². The quantitative estimate of drug-likeness (QED) is 0.863. The second-order valence-corrected chi connectivity index (χ2v) is 5.15.